The second-order valence-electron chi connectivity index (χ2n) is 18.6. The van der Waals surface area contributed by atoms with Gasteiger partial charge < -0.3 is 28.6 Å². The average molecular weight is 842 g/mol. The Kier molecular flexibility index (Phi) is 11.9. The van der Waals surface area contributed by atoms with Gasteiger partial charge in [0.15, 0.2) is 12.6 Å². The van der Waals surface area contributed by atoms with Crippen molar-refractivity contribution in [3.05, 3.63) is 47.7 Å². The molecule has 320 valence electrons. The molecule has 3 aliphatic rings. The molecule has 2 bridgehead atoms. The van der Waals surface area contributed by atoms with Gasteiger partial charge in [-0.15, -0.1) is 5.54 Å². The number of carbonyl (C=O) groups is 2. The predicted octanol–water partition coefficient (Wildman–Crippen LogP) is 9.62. The number of rotatable bonds is 12. The third-order valence-electron chi connectivity index (χ3n) is 12.6. The summed E-state index contributed by atoms with van der Waals surface area (Å²) in [6.07, 6.45) is 4.98. The Morgan fingerprint density at radius 1 is 1.00 bits per heavy atom. The van der Waals surface area contributed by atoms with E-state index in [4.69, 9.17) is 28.9 Å². The molecule has 1 aliphatic carbocycles. The van der Waals surface area contributed by atoms with Gasteiger partial charge in [-0.1, -0.05) is 53.5 Å². The minimum absolute atomic E-state index is 0.0517. The van der Waals surface area contributed by atoms with Gasteiger partial charge in [0, 0.05) is 37.3 Å². The van der Waals surface area contributed by atoms with Crippen LogP contribution in [0.5, 0.6) is 11.8 Å². The summed E-state index contributed by atoms with van der Waals surface area (Å²) in [4.78, 5) is 43.2. The van der Waals surface area contributed by atoms with Crippen LogP contribution in [0.3, 0.4) is 0 Å². The van der Waals surface area contributed by atoms with Crippen LogP contribution in [-0.2, 0) is 14.3 Å². The number of fused-ring (bicyclic) bond motifs is 4. The summed E-state index contributed by atoms with van der Waals surface area (Å²) >= 11 is 0. The number of piperazine rings is 1. The van der Waals surface area contributed by atoms with E-state index >= 15 is 8.78 Å². The number of carbonyl (C=O) groups excluding carboxylic acids is 2. The van der Waals surface area contributed by atoms with Gasteiger partial charge in [0.2, 0.25) is 0 Å². The molecule has 14 heteroatoms. The number of methoxy groups -OCH3 is 1. The van der Waals surface area contributed by atoms with Gasteiger partial charge in [-0.3, -0.25) is 9.88 Å². The Balaban J connectivity index is 1.40. The summed E-state index contributed by atoms with van der Waals surface area (Å²) in [5.41, 5.74) is 3.60. The monoisotopic (exact) mass is 841 g/mol. The second kappa shape index (κ2) is 16.5. The highest BCUT2D eigenvalue weighted by molar-refractivity contribution is 6.90. The van der Waals surface area contributed by atoms with E-state index in [-0.39, 0.29) is 59.9 Å². The Morgan fingerprint density at radius 3 is 2.25 bits per heavy atom. The SMILES string of the molecule is COCOc1cc(-c2ncc3c(N4C[C@H]5CC[C@@H](C4)N5C(=O)OC(C)(C)C)nc(OCC4(C=O)CC4)nc3c2F)c2c(C#C[Si](C(C)C)(C(C)C)C(C)C)c(F)ccc2c1. The molecule has 2 aromatic carbocycles. The lowest BCUT2D eigenvalue weighted by Crippen LogP contribution is -2.57. The molecule has 3 fully saturated rings. The van der Waals surface area contributed by atoms with Gasteiger partial charge in [0.05, 0.1) is 28.4 Å². The third kappa shape index (κ3) is 8.15. The topological polar surface area (TPSA) is 116 Å². The van der Waals surface area contributed by atoms with E-state index in [2.05, 4.69) is 58.0 Å². The number of benzene rings is 2. The van der Waals surface area contributed by atoms with Crippen LogP contribution in [0.1, 0.15) is 93.6 Å². The Hall–Kier alpha value is -4.87. The highest BCUT2D eigenvalue weighted by Crippen LogP contribution is 2.45. The molecular formula is C46H57F2N5O6Si. The van der Waals surface area contributed by atoms with Crippen molar-refractivity contribution in [3.8, 4) is 34.5 Å². The molecule has 0 N–H and O–H groups in total. The van der Waals surface area contributed by atoms with Crippen molar-refractivity contribution in [2.24, 2.45) is 5.41 Å². The first kappa shape index (κ1) is 43.2. The van der Waals surface area contributed by atoms with E-state index < -0.39 is 30.7 Å². The molecular weight excluding hydrogens is 785 g/mol. The highest BCUT2D eigenvalue weighted by Gasteiger charge is 2.46. The molecule has 2 atom stereocenters. The molecule has 1 amide bonds. The zero-order chi connectivity index (χ0) is 43.3. The molecule has 7 rings (SSSR count). The Bertz CT molecular complexity index is 2330. The maximum absolute atomic E-state index is 17.6. The van der Waals surface area contributed by atoms with Crippen molar-refractivity contribution in [1.29, 1.82) is 0 Å². The number of amides is 1. The predicted molar refractivity (Wildman–Crippen MR) is 231 cm³/mol. The lowest BCUT2D eigenvalue weighted by molar-refractivity contribution is -0.113. The molecule has 4 aromatic rings. The van der Waals surface area contributed by atoms with Crippen LogP contribution in [0.4, 0.5) is 19.4 Å². The number of ether oxygens (including phenoxy) is 4. The second-order valence-corrected chi connectivity index (χ2v) is 24.2. The zero-order valence-electron chi connectivity index (χ0n) is 36.4. The van der Waals surface area contributed by atoms with Crippen LogP contribution in [0.25, 0.3) is 32.9 Å². The van der Waals surface area contributed by atoms with Crippen LogP contribution < -0.4 is 14.4 Å². The van der Waals surface area contributed by atoms with Crippen molar-refractivity contribution >= 4 is 47.9 Å². The molecule has 1 saturated carbocycles. The van der Waals surface area contributed by atoms with Gasteiger partial charge in [0.1, 0.15) is 55.2 Å². The summed E-state index contributed by atoms with van der Waals surface area (Å²) in [6, 6.07) is 6.01. The fourth-order valence-corrected chi connectivity index (χ4v) is 14.6. The highest BCUT2D eigenvalue weighted by atomic mass is 28.3. The number of halogens is 2. The smallest absolute Gasteiger partial charge is 0.410 e. The van der Waals surface area contributed by atoms with Crippen LogP contribution >= 0.6 is 0 Å². The maximum atomic E-state index is 17.6. The summed E-state index contributed by atoms with van der Waals surface area (Å²) in [5.74, 6) is 2.80. The summed E-state index contributed by atoms with van der Waals surface area (Å²) in [5, 5.41) is 1.33. The molecule has 0 spiro atoms. The lowest BCUT2D eigenvalue weighted by atomic mass is 9.95. The van der Waals surface area contributed by atoms with Gasteiger partial charge in [0.25, 0.3) is 0 Å². The lowest BCUT2D eigenvalue weighted by Gasteiger charge is -2.42. The number of aldehydes is 1. The third-order valence-corrected chi connectivity index (χ3v) is 18.9. The zero-order valence-corrected chi connectivity index (χ0v) is 37.4. The molecule has 60 heavy (non-hydrogen) atoms. The number of nitrogens with zero attached hydrogens (tertiary/aromatic N) is 5. The first-order valence-corrected chi connectivity index (χ1v) is 23.3. The largest absolute Gasteiger partial charge is 0.468 e. The molecule has 2 saturated heterocycles. The van der Waals surface area contributed by atoms with Crippen LogP contribution in [0.15, 0.2) is 30.5 Å². The minimum atomic E-state index is -2.31. The minimum Gasteiger partial charge on any atom is -0.468 e. The first-order chi connectivity index (χ1) is 28.4. The Labute approximate surface area is 352 Å². The van der Waals surface area contributed by atoms with E-state index in [9.17, 15) is 9.59 Å². The van der Waals surface area contributed by atoms with Gasteiger partial charge in [-0.2, -0.15) is 9.97 Å². The van der Waals surface area contributed by atoms with Crippen molar-refractivity contribution in [1.82, 2.24) is 19.9 Å². The molecule has 11 nitrogen and oxygen atoms in total. The maximum Gasteiger partial charge on any atom is 0.410 e. The fraction of sp³-hybridized carbons (Fsp3) is 0.543. The van der Waals surface area contributed by atoms with Crippen LogP contribution in [0.2, 0.25) is 16.6 Å². The molecule has 0 radical (unpaired) electrons. The van der Waals surface area contributed by atoms with E-state index in [0.29, 0.717) is 70.3 Å². The fourth-order valence-electron chi connectivity index (χ4n) is 9.40. The van der Waals surface area contributed by atoms with Crippen molar-refractivity contribution in [2.45, 2.75) is 122 Å². The van der Waals surface area contributed by atoms with Gasteiger partial charge in [-0.05, 0) is 86.7 Å². The molecule has 4 heterocycles. The van der Waals surface area contributed by atoms with Crippen molar-refractivity contribution in [2.75, 3.05) is 38.5 Å². The number of anilines is 1. The molecule has 0 unspecified atom stereocenters. The van der Waals surface area contributed by atoms with E-state index in [1.807, 2.05) is 30.6 Å². The van der Waals surface area contributed by atoms with Crippen LogP contribution in [-0.4, -0.2) is 91.6 Å². The van der Waals surface area contributed by atoms with E-state index in [1.54, 1.807) is 18.2 Å². The summed E-state index contributed by atoms with van der Waals surface area (Å²) in [6.45, 7) is 19.5. The summed E-state index contributed by atoms with van der Waals surface area (Å²) in [7, 11) is -0.810. The Morgan fingerprint density at radius 2 is 1.67 bits per heavy atom. The standard InChI is InChI=1S/C46H57F2N5O6Si/c1-27(2)60(28(3)4,29(5)6)18-15-34-37(47)14-11-30-19-33(58-26-56-10)20-35(38(30)34)40-39(48)41-36(21-49-40)42(51-43(50-41)57-25-46(24-54)16-17-46)52-22-31-12-13-32(23-52)53(31)44(55)59-45(7,8)9/h11,14,19-21,24,27-29,31-32H,12-13,16-17,22-23,25-26H2,1-10H3/t31-,32+. The first-order valence-electron chi connectivity index (χ1n) is 21.0. The average Bonchev–Trinajstić information content (AvgIpc) is 3.92. The number of aromatic nitrogens is 3. The van der Waals surface area contributed by atoms with Crippen LogP contribution in [0, 0.1) is 28.5 Å². The summed E-state index contributed by atoms with van der Waals surface area (Å²) < 4.78 is 56.8. The van der Waals surface area contributed by atoms with E-state index in [0.717, 1.165) is 19.1 Å². The quantitative estimate of drug-likeness (QED) is 0.0591. The molecule has 2 aliphatic heterocycles. The van der Waals surface area contributed by atoms with Gasteiger partial charge >= 0.3 is 12.1 Å². The van der Waals surface area contributed by atoms with Gasteiger partial charge in [-0.25, -0.2) is 13.6 Å². The number of hydrogen-bond donors (Lipinski definition) is 0. The number of hydrogen-bond acceptors (Lipinski definition) is 10. The molecule has 2 aromatic heterocycles. The van der Waals surface area contributed by atoms with E-state index in [1.165, 1.54) is 19.4 Å². The number of pyridine rings is 1. The normalized spacial score (nSPS) is 18.6. The van der Waals surface area contributed by atoms with Crippen molar-refractivity contribution in [3.63, 3.8) is 0 Å². The van der Waals surface area contributed by atoms with Crippen molar-refractivity contribution < 1.29 is 37.3 Å².